The van der Waals surface area contributed by atoms with Crippen LogP contribution in [0.2, 0.25) is 0 Å². The van der Waals surface area contributed by atoms with Crippen molar-refractivity contribution in [2.45, 2.75) is 38.5 Å². The summed E-state index contributed by atoms with van der Waals surface area (Å²) in [4.78, 5) is 43.0. The molecule has 1 unspecified atom stereocenters. The Morgan fingerprint density at radius 2 is 1.74 bits per heavy atom. The van der Waals surface area contributed by atoms with Crippen LogP contribution >= 0.6 is 0 Å². The van der Waals surface area contributed by atoms with E-state index in [9.17, 15) is 22.8 Å². The molecule has 6 rings (SSSR count). The van der Waals surface area contributed by atoms with Gasteiger partial charge < -0.3 is 9.72 Å². The van der Waals surface area contributed by atoms with Gasteiger partial charge >= 0.3 is 5.97 Å². The number of carbonyl (C=O) groups excluding carboxylic acids is 3. The molecule has 3 heterocycles. The molecule has 1 N–H and O–H groups in total. The van der Waals surface area contributed by atoms with Gasteiger partial charge in [0.15, 0.2) is 9.84 Å². The minimum atomic E-state index is -3.45. The summed E-state index contributed by atoms with van der Waals surface area (Å²) < 4.78 is 45.8. The minimum Gasteiger partial charge on any atom is -0.461 e. The maximum atomic E-state index is 15.1. The number of aryl methyl sites for hydroxylation is 1. The maximum Gasteiger partial charge on any atom is 0.355 e. The zero-order valence-corrected chi connectivity index (χ0v) is 26.9. The third-order valence-electron chi connectivity index (χ3n) is 8.37. The lowest BCUT2D eigenvalue weighted by molar-refractivity contribution is 0.0520. The van der Waals surface area contributed by atoms with Crippen LogP contribution in [0.15, 0.2) is 73.1 Å². The van der Waals surface area contributed by atoms with Crippen molar-refractivity contribution in [3.63, 3.8) is 0 Å². The molecule has 0 aliphatic carbocycles. The van der Waals surface area contributed by atoms with Crippen LogP contribution in [-0.2, 0) is 26.9 Å². The molecule has 0 saturated carbocycles. The molecule has 47 heavy (non-hydrogen) atoms. The van der Waals surface area contributed by atoms with Crippen LogP contribution < -0.4 is 0 Å². The summed E-state index contributed by atoms with van der Waals surface area (Å²) >= 11 is 0. The van der Waals surface area contributed by atoms with Crippen LogP contribution in [0.25, 0.3) is 22.0 Å². The first-order valence-corrected chi connectivity index (χ1v) is 17.3. The molecular weight excluding hydrogens is 623 g/mol. The number of hydrogen-bond donors (Lipinski definition) is 1. The number of aromatic nitrogens is 3. The average Bonchev–Trinajstić information content (AvgIpc) is 3.73. The fourth-order valence-electron chi connectivity index (χ4n) is 6.10. The number of hydrogen-bond acceptors (Lipinski definition) is 7. The van der Waals surface area contributed by atoms with E-state index in [0.29, 0.717) is 46.1 Å². The molecule has 1 aliphatic heterocycles. The lowest BCUT2D eigenvalue weighted by atomic mass is 9.92. The molecule has 0 spiro atoms. The van der Waals surface area contributed by atoms with Crippen molar-refractivity contribution in [1.82, 2.24) is 19.7 Å². The van der Waals surface area contributed by atoms with E-state index in [2.05, 4.69) is 10.1 Å². The smallest absolute Gasteiger partial charge is 0.355 e. The summed E-state index contributed by atoms with van der Waals surface area (Å²) in [5.41, 5.74) is 4.39. The highest BCUT2D eigenvalue weighted by atomic mass is 32.2. The summed E-state index contributed by atoms with van der Waals surface area (Å²) in [5, 5.41) is 5.19. The van der Waals surface area contributed by atoms with Gasteiger partial charge in [-0.05, 0) is 48.2 Å². The van der Waals surface area contributed by atoms with E-state index in [1.54, 1.807) is 48.1 Å². The van der Waals surface area contributed by atoms with E-state index >= 15 is 4.39 Å². The van der Waals surface area contributed by atoms with Crippen molar-refractivity contribution in [1.29, 1.82) is 0 Å². The number of H-pyrrole nitrogens is 1. The zero-order chi connectivity index (χ0) is 33.5. The SMILES string of the molecule is CCOC(=O)c1[nH]c2c(C(C)c3cnn(CCCN4C(=O)c5ccccc5C4=O)c3)cccc2c1-c1ccc(CS(C)(=O)=O)c(F)c1. The van der Waals surface area contributed by atoms with Crippen molar-refractivity contribution < 1.29 is 31.9 Å². The number of rotatable bonds is 11. The van der Waals surface area contributed by atoms with Gasteiger partial charge in [-0.3, -0.25) is 19.2 Å². The summed E-state index contributed by atoms with van der Waals surface area (Å²) in [6.45, 7) is 4.62. The maximum absolute atomic E-state index is 15.1. The van der Waals surface area contributed by atoms with Gasteiger partial charge in [-0.2, -0.15) is 5.10 Å². The highest BCUT2D eigenvalue weighted by Gasteiger charge is 2.34. The van der Waals surface area contributed by atoms with E-state index in [1.807, 2.05) is 31.3 Å². The van der Waals surface area contributed by atoms with E-state index in [4.69, 9.17) is 4.74 Å². The number of para-hydroxylation sites is 1. The summed E-state index contributed by atoms with van der Waals surface area (Å²) in [6, 6.07) is 16.7. The largest absolute Gasteiger partial charge is 0.461 e. The number of carbonyl (C=O) groups is 3. The normalized spacial score (nSPS) is 13.7. The predicted octanol–water partition coefficient (Wildman–Crippen LogP) is 5.73. The van der Waals surface area contributed by atoms with Gasteiger partial charge in [0.25, 0.3) is 11.8 Å². The molecule has 3 aromatic carbocycles. The highest BCUT2D eigenvalue weighted by molar-refractivity contribution is 7.89. The molecule has 10 nitrogen and oxygen atoms in total. The van der Waals surface area contributed by atoms with Gasteiger partial charge in [-0.15, -0.1) is 0 Å². The number of sulfone groups is 1. The molecule has 1 aliphatic rings. The second-order valence-corrected chi connectivity index (χ2v) is 13.8. The number of esters is 1. The van der Waals surface area contributed by atoms with Crippen LogP contribution in [0.1, 0.15) is 74.1 Å². The third kappa shape index (κ3) is 6.20. The Kier molecular flexibility index (Phi) is 8.54. The van der Waals surface area contributed by atoms with E-state index in [-0.39, 0.29) is 42.1 Å². The van der Waals surface area contributed by atoms with Gasteiger partial charge in [0.2, 0.25) is 0 Å². The second kappa shape index (κ2) is 12.6. The van der Waals surface area contributed by atoms with Crippen LogP contribution in [0.5, 0.6) is 0 Å². The first kappa shape index (κ1) is 31.9. The van der Waals surface area contributed by atoms with E-state index < -0.39 is 27.4 Å². The fourth-order valence-corrected chi connectivity index (χ4v) is 6.90. The van der Waals surface area contributed by atoms with Crippen LogP contribution in [0.3, 0.4) is 0 Å². The van der Waals surface area contributed by atoms with Gasteiger partial charge in [-0.1, -0.05) is 49.4 Å². The number of imide groups is 1. The molecule has 5 aromatic rings. The standard InChI is InChI=1S/C35H33FN4O6S/c1-4-46-35(43)32-30(22-13-14-23(29(36)17-22)20-47(3,44)45)28-12-7-11-25(31(28)38-32)21(2)24-18-37-39(19-24)15-8-16-40-33(41)26-9-5-6-10-27(26)34(40)42/h5-7,9-14,17-19,21,38H,4,8,15-16,20H2,1-3H3. The molecular formula is C35H33FN4O6S. The van der Waals surface area contributed by atoms with Gasteiger partial charge in [0, 0.05) is 48.0 Å². The number of aromatic amines is 1. The Labute approximate surface area is 271 Å². The zero-order valence-electron chi connectivity index (χ0n) is 26.1. The van der Waals surface area contributed by atoms with Crippen molar-refractivity contribution >= 4 is 38.5 Å². The number of fused-ring (bicyclic) bond motifs is 2. The predicted molar refractivity (Wildman–Crippen MR) is 174 cm³/mol. The van der Waals surface area contributed by atoms with Gasteiger partial charge in [0.05, 0.1) is 35.2 Å². The quantitative estimate of drug-likeness (QED) is 0.142. The minimum absolute atomic E-state index is 0.0452. The Morgan fingerprint density at radius 3 is 2.40 bits per heavy atom. The third-order valence-corrected chi connectivity index (χ3v) is 9.21. The molecule has 12 heteroatoms. The Bertz CT molecular complexity index is 2120. The van der Waals surface area contributed by atoms with Crippen LogP contribution in [0, 0.1) is 5.82 Å². The Balaban J connectivity index is 1.26. The van der Waals surface area contributed by atoms with Gasteiger partial charge in [-0.25, -0.2) is 17.6 Å². The monoisotopic (exact) mass is 656 g/mol. The summed E-state index contributed by atoms with van der Waals surface area (Å²) in [7, 11) is -3.45. The van der Waals surface area contributed by atoms with Crippen molar-refractivity contribution in [3.05, 3.63) is 112 Å². The van der Waals surface area contributed by atoms with Crippen molar-refractivity contribution in [3.8, 4) is 11.1 Å². The highest BCUT2D eigenvalue weighted by Crippen LogP contribution is 2.38. The molecule has 0 saturated heterocycles. The molecule has 0 bridgehead atoms. The molecule has 242 valence electrons. The number of ether oxygens (including phenoxy) is 1. The van der Waals surface area contributed by atoms with Crippen LogP contribution in [-0.4, -0.2) is 65.3 Å². The topological polar surface area (TPSA) is 131 Å². The number of amides is 2. The van der Waals surface area contributed by atoms with Crippen LogP contribution in [0.4, 0.5) is 4.39 Å². The average molecular weight is 657 g/mol. The molecule has 2 aromatic heterocycles. The Morgan fingerprint density at radius 1 is 1.02 bits per heavy atom. The first-order chi connectivity index (χ1) is 22.5. The first-order valence-electron chi connectivity index (χ1n) is 15.2. The summed E-state index contributed by atoms with van der Waals surface area (Å²) in [5.74, 6) is -2.45. The number of benzene rings is 3. The van der Waals surface area contributed by atoms with Crippen molar-refractivity contribution in [2.75, 3.05) is 19.4 Å². The molecule has 0 radical (unpaired) electrons. The molecule has 1 atom stereocenters. The fraction of sp³-hybridized carbons (Fsp3) is 0.257. The second-order valence-electron chi connectivity index (χ2n) is 11.7. The summed E-state index contributed by atoms with van der Waals surface area (Å²) in [6.07, 6.45) is 5.25. The number of nitrogens with zero attached hydrogens (tertiary/aromatic N) is 3. The number of halogens is 1. The molecule has 2 amide bonds. The number of nitrogens with one attached hydrogen (secondary N) is 1. The van der Waals surface area contributed by atoms with E-state index in [0.717, 1.165) is 17.4 Å². The lowest BCUT2D eigenvalue weighted by Crippen LogP contribution is -2.31. The van der Waals surface area contributed by atoms with Crippen molar-refractivity contribution in [2.24, 2.45) is 0 Å². The molecule has 0 fully saturated rings. The Hall–Kier alpha value is -5.10. The lowest BCUT2D eigenvalue weighted by Gasteiger charge is -2.13. The van der Waals surface area contributed by atoms with E-state index in [1.165, 1.54) is 17.0 Å². The van der Waals surface area contributed by atoms with Gasteiger partial charge in [0.1, 0.15) is 11.5 Å².